The molecule has 0 fully saturated rings. The van der Waals surface area contributed by atoms with Crippen molar-refractivity contribution in [2.24, 2.45) is 5.73 Å². The molecule has 0 aliphatic carbocycles. The Hall–Kier alpha value is -1.99. The van der Waals surface area contributed by atoms with E-state index in [9.17, 15) is 14.7 Å². The predicted molar refractivity (Wildman–Crippen MR) is 103 cm³/mol. The second-order valence-corrected chi connectivity index (χ2v) is 6.08. The number of phenols is 1. The molecule has 0 aromatic heterocycles. The topological polar surface area (TPSA) is 102 Å². The maximum absolute atomic E-state index is 12.3. The number of methoxy groups -OCH3 is 1. The third-order valence-electron chi connectivity index (χ3n) is 3.43. The van der Waals surface area contributed by atoms with Crippen molar-refractivity contribution >= 4 is 53.2 Å². The number of rotatable bonds is 5. The number of nitrogens with one attached hydrogen (secondary N) is 1. The van der Waals surface area contributed by atoms with Gasteiger partial charge in [-0.05, 0) is 36.2 Å². The van der Waals surface area contributed by atoms with Crippen molar-refractivity contribution in [2.75, 3.05) is 12.4 Å². The highest BCUT2D eigenvalue weighted by atomic mass is 35.5. The van der Waals surface area contributed by atoms with Crippen molar-refractivity contribution in [1.82, 2.24) is 0 Å². The number of hydrogen-bond donors (Lipinski definition) is 3. The first-order valence-corrected chi connectivity index (χ1v) is 7.99. The molecule has 0 bridgehead atoms. The molecule has 1 unspecified atom stereocenters. The van der Waals surface area contributed by atoms with E-state index in [0.29, 0.717) is 12.1 Å². The van der Waals surface area contributed by atoms with E-state index in [2.05, 4.69) is 10.1 Å². The normalized spacial score (nSPS) is 11.2. The molecule has 0 aliphatic rings. The molecule has 1 atom stereocenters. The zero-order valence-corrected chi connectivity index (χ0v) is 16.0. The summed E-state index contributed by atoms with van der Waals surface area (Å²) < 4.78 is 4.58. The summed E-state index contributed by atoms with van der Waals surface area (Å²) >= 11 is 11.9. The minimum absolute atomic E-state index is 0. The van der Waals surface area contributed by atoms with Crippen LogP contribution in [0.1, 0.15) is 15.9 Å². The zero-order chi connectivity index (χ0) is 18.6. The highest BCUT2D eigenvalue weighted by molar-refractivity contribution is 6.40. The molecule has 4 N–H and O–H groups in total. The number of hydrogen-bond acceptors (Lipinski definition) is 5. The van der Waals surface area contributed by atoms with E-state index < -0.39 is 17.9 Å². The molecule has 2 rings (SSSR count). The maximum atomic E-state index is 12.3. The molecule has 0 heterocycles. The van der Waals surface area contributed by atoms with Crippen molar-refractivity contribution in [3.05, 3.63) is 57.6 Å². The van der Waals surface area contributed by atoms with Crippen molar-refractivity contribution < 1.29 is 19.4 Å². The lowest BCUT2D eigenvalue weighted by atomic mass is 10.1. The molecule has 26 heavy (non-hydrogen) atoms. The van der Waals surface area contributed by atoms with Gasteiger partial charge < -0.3 is 20.9 Å². The van der Waals surface area contributed by atoms with Gasteiger partial charge in [0.25, 0.3) is 5.91 Å². The number of ether oxygens (including phenoxy) is 1. The summed E-state index contributed by atoms with van der Waals surface area (Å²) in [6.07, 6.45) is 0.316. The van der Waals surface area contributed by atoms with Crippen LogP contribution in [-0.2, 0) is 16.0 Å². The van der Waals surface area contributed by atoms with Crippen LogP contribution in [0, 0.1) is 0 Å². The number of carbonyl (C=O) groups is 2. The minimum Gasteiger partial charge on any atom is -0.508 e. The largest absolute Gasteiger partial charge is 0.508 e. The number of aromatic hydroxyl groups is 1. The number of esters is 1. The quantitative estimate of drug-likeness (QED) is 0.645. The fourth-order valence-electron chi connectivity index (χ4n) is 2.18. The summed E-state index contributed by atoms with van der Waals surface area (Å²) in [5.74, 6) is -1.12. The first-order chi connectivity index (χ1) is 11.8. The fraction of sp³-hybridized carbons (Fsp3) is 0.176. The number of carbonyl (C=O) groups excluding carboxylic acids is 2. The smallest absolute Gasteiger partial charge is 0.322 e. The average Bonchev–Trinajstić information content (AvgIpc) is 2.54. The van der Waals surface area contributed by atoms with Crippen LogP contribution in [0.3, 0.4) is 0 Å². The lowest BCUT2D eigenvalue weighted by molar-refractivity contribution is -0.142. The molecule has 0 spiro atoms. The van der Waals surface area contributed by atoms with Crippen LogP contribution < -0.4 is 11.1 Å². The van der Waals surface area contributed by atoms with Gasteiger partial charge in [-0.3, -0.25) is 9.59 Å². The third kappa shape index (κ3) is 5.51. The van der Waals surface area contributed by atoms with Crippen molar-refractivity contribution in [2.45, 2.75) is 12.5 Å². The van der Waals surface area contributed by atoms with Gasteiger partial charge in [0.15, 0.2) is 0 Å². The Morgan fingerprint density at radius 3 is 2.23 bits per heavy atom. The molecule has 0 saturated heterocycles. The number of nitrogens with two attached hydrogens (primary N) is 1. The van der Waals surface area contributed by atoms with Crippen LogP contribution in [0.4, 0.5) is 5.69 Å². The van der Waals surface area contributed by atoms with Gasteiger partial charge >= 0.3 is 5.97 Å². The van der Waals surface area contributed by atoms with Crippen LogP contribution in [-0.4, -0.2) is 30.1 Å². The Balaban J connectivity index is 0.00000338. The zero-order valence-electron chi connectivity index (χ0n) is 13.7. The summed E-state index contributed by atoms with van der Waals surface area (Å²) in [6.45, 7) is 0. The summed E-state index contributed by atoms with van der Waals surface area (Å²) in [7, 11) is 1.28. The van der Waals surface area contributed by atoms with Gasteiger partial charge in [0.1, 0.15) is 11.8 Å². The number of amides is 1. The van der Waals surface area contributed by atoms with Crippen molar-refractivity contribution in [3.8, 4) is 5.75 Å². The van der Waals surface area contributed by atoms with Crippen LogP contribution in [0.25, 0.3) is 0 Å². The predicted octanol–water partition coefficient (Wildman–Crippen LogP) is 3.42. The molecule has 1 amide bonds. The van der Waals surface area contributed by atoms with Crippen LogP contribution in [0.5, 0.6) is 5.75 Å². The Labute approximate surface area is 166 Å². The van der Waals surface area contributed by atoms with Crippen molar-refractivity contribution in [3.63, 3.8) is 0 Å². The lowest BCUT2D eigenvalue weighted by Crippen LogP contribution is -2.33. The van der Waals surface area contributed by atoms with Gasteiger partial charge in [-0.25, -0.2) is 0 Å². The highest BCUT2D eigenvalue weighted by Crippen LogP contribution is 2.30. The second kappa shape index (κ2) is 9.64. The van der Waals surface area contributed by atoms with Gasteiger partial charge in [-0.1, -0.05) is 35.3 Å². The molecular weight excluding hydrogens is 403 g/mol. The standard InChI is InChI=1S/C17H16Cl2N2O4.ClH/c1-25-17(24)14(20)6-9-2-4-10(5-3-9)21-16(23)15-12(18)7-11(22)8-13(15)19;/h2-5,7-8,14,22H,6,20H2,1H3,(H,21,23);1H. The molecular formula is C17H17Cl3N2O4. The van der Waals surface area contributed by atoms with Gasteiger partial charge in [0.2, 0.25) is 0 Å². The Morgan fingerprint density at radius 2 is 1.73 bits per heavy atom. The molecule has 0 aliphatic heterocycles. The molecule has 140 valence electrons. The second-order valence-electron chi connectivity index (χ2n) is 5.27. The monoisotopic (exact) mass is 418 g/mol. The number of anilines is 1. The van der Waals surface area contributed by atoms with Crippen LogP contribution in [0.2, 0.25) is 10.0 Å². The maximum Gasteiger partial charge on any atom is 0.322 e. The van der Waals surface area contributed by atoms with Gasteiger partial charge in [0, 0.05) is 5.69 Å². The van der Waals surface area contributed by atoms with Gasteiger partial charge in [0.05, 0.1) is 22.7 Å². The summed E-state index contributed by atoms with van der Waals surface area (Å²) in [6, 6.07) is 8.52. The highest BCUT2D eigenvalue weighted by Gasteiger charge is 2.17. The number of phenolic OH excluding ortho intramolecular Hbond substituents is 1. The Kier molecular flexibility index (Phi) is 8.17. The summed E-state index contributed by atoms with van der Waals surface area (Å²) in [5.41, 5.74) is 7.10. The van der Waals surface area contributed by atoms with Crippen LogP contribution >= 0.6 is 35.6 Å². The van der Waals surface area contributed by atoms with E-state index in [0.717, 1.165) is 5.56 Å². The molecule has 2 aromatic rings. The summed E-state index contributed by atoms with van der Waals surface area (Å²) in [4.78, 5) is 23.6. The molecule has 2 aromatic carbocycles. The van der Waals surface area contributed by atoms with Crippen molar-refractivity contribution in [1.29, 1.82) is 0 Å². The van der Waals surface area contributed by atoms with E-state index >= 15 is 0 Å². The lowest BCUT2D eigenvalue weighted by Gasteiger charge is -2.11. The van der Waals surface area contributed by atoms with Gasteiger partial charge in [-0.2, -0.15) is 0 Å². The van der Waals surface area contributed by atoms with E-state index in [4.69, 9.17) is 28.9 Å². The molecule has 6 nitrogen and oxygen atoms in total. The Bertz CT molecular complexity index is 774. The van der Waals surface area contributed by atoms with Crippen LogP contribution in [0.15, 0.2) is 36.4 Å². The fourth-order valence-corrected chi connectivity index (χ4v) is 2.83. The SMILES string of the molecule is COC(=O)C(N)Cc1ccc(NC(=O)c2c(Cl)cc(O)cc2Cl)cc1.Cl. The first-order valence-electron chi connectivity index (χ1n) is 7.23. The van der Waals surface area contributed by atoms with E-state index in [-0.39, 0.29) is 33.8 Å². The first kappa shape index (κ1) is 22.1. The minimum atomic E-state index is -0.750. The molecule has 9 heteroatoms. The molecule has 0 radical (unpaired) electrons. The van der Waals surface area contributed by atoms with E-state index in [1.54, 1.807) is 24.3 Å². The van der Waals surface area contributed by atoms with E-state index in [1.165, 1.54) is 19.2 Å². The van der Waals surface area contributed by atoms with E-state index in [1.807, 2.05) is 0 Å². The number of halogens is 3. The van der Waals surface area contributed by atoms with Gasteiger partial charge in [-0.15, -0.1) is 12.4 Å². The number of benzene rings is 2. The molecule has 0 saturated carbocycles. The average molecular weight is 420 g/mol. The Morgan fingerprint density at radius 1 is 1.19 bits per heavy atom. The third-order valence-corrected chi connectivity index (χ3v) is 4.02. The summed E-state index contributed by atoms with van der Waals surface area (Å²) in [5, 5.41) is 12.2.